The summed E-state index contributed by atoms with van der Waals surface area (Å²) in [5, 5.41) is 11.5. The Bertz CT molecular complexity index is 240. The normalized spacial score (nSPS) is 12.7. The van der Waals surface area contributed by atoms with E-state index in [9.17, 15) is 0 Å². The van der Waals surface area contributed by atoms with Crippen LogP contribution in [0.5, 0.6) is 0 Å². The largest absolute Gasteiger partial charge is 0.193 e. The summed E-state index contributed by atoms with van der Waals surface area (Å²) in [6, 6.07) is 1.67. The SMILES string of the molecule is C[C@H](/C=C/C=C/C#N)N=[N+]=[N-]. The zero-order valence-corrected chi connectivity index (χ0v) is 6.18. The lowest BCUT2D eigenvalue weighted by atomic mass is 10.3. The highest BCUT2D eigenvalue weighted by molar-refractivity contribution is 5.12. The van der Waals surface area contributed by atoms with Crippen LogP contribution in [-0.2, 0) is 0 Å². The molecule has 0 radical (unpaired) electrons. The van der Waals surface area contributed by atoms with Crippen LogP contribution in [0.2, 0.25) is 0 Å². The number of hydrogen-bond donors (Lipinski definition) is 0. The van der Waals surface area contributed by atoms with Gasteiger partial charge in [0.15, 0.2) is 0 Å². The third-order valence-corrected chi connectivity index (χ3v) is 0.905. The fourth-order valence-corrected chi connectivity index (χ4v) is 0.443. The third kappa shape index (κ3) is 6.16. The molecule has 0 saturated carbocycles. The van der Waals surface area contributed by atoms with E-state index in [0.29, 0.717) is 0 Å². The van der Waals surface area contributed by atoms with Crippen molar-refractivity contribution in [3.05, 3.63) is 34.7 Å². The molecule has 56 valence electrons. The second-order valence-electron chi connectivity index (χ2n) is 1.82. The van der Waals surface area contributed by atoms with Gasteiger partial charge in [-0.3, -0.25) is 0 Å². The molecule has 0 amide bonds. The minimum Gasteiger partial charge on any atom is -0.193 e. The molecule has 0 rings (SSSR count). The molecule has 0 aromatic rings. The Morgan fingerprint density at radius 1 is 1.64 bits per heavy atom. The first-order valence-corrected chi connectivity index (χ1v) is 3.08. The number of azide groups is 1. The van der Waals surface area contributed by atoms with Gasteiger partial charge in [0.25, 0.3) is 0 Å². The second kappa shape index (κ2) is 6.40. The number of hydrogen-bond acceptors (Lipinski definition) is 2. The summed E-state index contributed by atoms with van der Waals surface area (Å²) < 4.78 is 0. The topological polar surface area (TPSA) is 72.5 Å². The van der Waals surface area contributed by atoms with Crippen LogP contribution in [0.1, 0.15) is 6.92 Å². The predicted molar refractivity (Wildman–Crippen MR) is 42.5 cm³/mol. The first-order valence-electron chi connectivity index (χ1n) is 3.08. The summed E-state index contributed by atoms with van der Waals surface area (Å²) in [5.41, 5.74) is 7.99. The fraction of sp³-hybridized carbons (Fsp3) is 0.286. The van der Waals surface area contributed by atoms with Gasteiger partial charge >= 0.3 is 0 Å². The highest BCUT2D eigenvalue weighted by atomic mass is 15.1. The van der Waals surface area contributed by atoms with Crippen molar-refractivity contribution >= 4 is 0 Å². The van der Waals surface area contributed by atoms with Crippen molar-refractivity contribution in [2.24, 2.45) is 5.11 Å². The molecule has 0 bridgehead atoms. The first kappa shape index (κ1) is 9.28. The van der Waals surface area contributed by atoms with Crippen LogP contribution in [0.4, 0.5) is 0 Å². The summed E-state index contributed by atoms with van der Waals surface area (Å²) in [5.74, 6) is 0. The number of nitrogens with zero attached hydrogens (tertiary/aromatic N) is 4. The summed E-state index contributed by atoms with van der Waals surface area (Å²) in [4.78, 5) is 2.62. The van der Waals surface area contributed by atoms with Crippen molar-refractivity contribution in [1.82, 2.24) is 0 Å². The van der Waals surface area contributed by atoms with Gasteiger partial charge in [-0.2, -0.15) is 5.26 Å². The molecule has 4 heteroatoms. The van der Waals surface area contributed by atoms with E-state index in [1.807, 2.05) is 6.07 Å². The average molecular weight is 148 g/mol. The lowest BCUT2D eigenvalue weighted by Gasteiger charge is -1.89. The molecule has 0 aliphatic heterocycles. The Hall–Kier alpha value is -1.72. The van der Waals surface area contributed by atoms with E-state index >= 15 is 0 Å². The molecule has 0 saturated heterocycles. The smallest absolute Gasteiger partial charge is 0.0912 e. The molecule has 0 N–H and O–H groups in total. The standard InChI is InChI=1S/C7H8N4/c1-7(10-11-9)5-3-2-4-6-8/h2-5,7H,1H3/b4-2+,5-3+/t7-/m1/s1. The van der Waals surface area contributed by atoms with E-state index in [4.69, 9.17) is 10.8 Å². The van der Waals surface area contributed by atoms with Gasteiger partial charge in [0, 0.05) is 11.0 Å². The Balaban J connectivity index is 3.85. The van der Waals surface area contributed by atoms with E-state index in [1.54, 1.807) is 25.2 Å². The number of allylic oxidation sites excluding steroid dienone is 3. The highest BCUT2D eigenvalue weighted by Gasteiger charge is 1.85. The van der Waals surface area contributed by atoms with Gasteiger partial charge in [-0.05, 0) is 5.53 Å². The molecule has 0 unspecified atom stereocenters. The lowest BCUT2D eigenvalue weighted by molar-refractivity contribution is 0.911. The molecular formula is C7H8N4. The zero-order chi connectivity index (χ0) is 8.53. The summed E-state index contributed by atoms with van der Waals surface area (Å²) in [6.07, 6.45) is 6.30. The predicted octanol–water partition coefficient (Wildman–Crippen LogP) is 2.32. The van der Waals surface area contributed by atoms with Gasteiger partial charge in [-0.25, -0.2) is 0 Å². The number of nitriles is 1. The zero-order valence-electron chi connectivity index (χ0n) is 6.18. The van der Waals surface area contributed by atoms with Crippen molar-refractivity contribution in [3.63, 3.8) is 0 Å². The number of rotatable bonds is 3. The highest BCUT2D eigenvalue weighted by Crippen LogP contribution is 1.91. The lowest BCUT2D eigenvalue weighted by Crippen LogP contribution is -1.86. The fourth-order valence-electron chi connectivity index (χ4n) is 0.443. The quantitative estimate of drug-likeness (QED) is 0.199. The third-order valence-electron chi connectivity index (χ3n) is 0.905. The Morgan fingerprint density at radius 3 is 2.91 bits per heavy atom. The van der Waals surface area contributed by atoms with Crippen molar-refractivity contribution in [1.29, 1.82) is 5.26 Å². The van der Waals surface area contributed by atoms with Crippen molar-refractivity contribution in [2.75, 3.05) is 0 Å². The summed E-state index contributed by atoms with van der Waals surface area (Å²) >= 11 is 0. The van der Waals surface area contributed by atoms with E-state index in [-0.39, 0.29) is 6.04 Å². The van der Waals surface area contributed by atoms with Crippen LogP contribution in [0, 0.1) is 11.3 Å². The van der Waals surface area contributed by atoms with Crippen LogP contribution < -0.4 is 0 Å². The van der Waals surface area contributed by atoms with Gasteiger partial charge in [-0.15, -0.1) is 0 Å². The molecule has 4 nitrogen and oxygen atoms in total. The van der Waals surface area contributed by atoms with Crippen LogP contribution in [0.15, 0.2) is 29.4 Å². The molecule has 0 aliphatic rings. The van der Waals surface area contributed by atoms with Gasteiger partial charge in [0.1, 0.15) is 0 Å². The van der Waals surface area contributed by atoms with Crippen molar-refractivity contribution < 1.29 is 0 Å². The van der Waals surface area contributed by atoms with Crippen LogP contribution in [-0.4, -0.2) is 6.04 Å². The Kier molecular flexibility index (Phi) is 5.40. The van der Waals surface area contributed by atoms with Crippen LogP contribution in [0.3, 0.4) is 0 Å². The average Bonchev–Trinajstić information content (AvgIpc) is 1.99. The Morgan fingerprint density at radius 2 is 2.36 bits per heavy atom. The van der Waals surface area contributed by atoms with Gasteiger partial charge in [0.2, 0.25) is 0 Å². The maximum atomic E-state index is 8.08. The molecular weight excluding hydrogens is 140 g/mol. The van der Waals surface area contributed by atoms with Gasteiger partial charge < -0.3 is 0 Å². The maximum absolute atomic E-state index is 8.08. The van der Waals surface area contributed by atoms with Gasteiger partial charge in [0.05, 0.1) is 12.1 Å². The van der Waals surface area contributed by atoms with Crippen molar-refractivity contribution in [3.8, 4) is 6.07 Å². The van der Waals surface area contributed by atoms with E-state index in [0.717, 1.165) is 0 Å². The van der Waals surface area contributed by atoms with Crippen LogP contribution in [0.25, 0.3) is 10.4 Å². The van der Waals surface area contributed by atoms with E-state index in [1.165, 1.54) is 6.08 Å². The molecule has 0 aromatic heterocycles. The molecule has 0 fully saturated rings. The van der Waals surface area contributed by atoms with E-state index < -0.39 is 0 Å². The summed E-state index contributed by atoms with van der Waals surface area (Å²) in [7, 11) is 0. The maximum Gasteiger partial charge on any atom is 0.0912 e. The van der Waals surface area contributed by atoms with Gasteiger partial charge in [-0.1, -0.05) is 30.3 Å². The summed E-state index contributed by atoms with van der Waals surface area (Å²) in [6.45, 7) is 1.76. The van der Waals surface area contributed by atoms with Crippen molar-refractivity contribution in [2.45, 2.75) is 13.0 Å². The minimum atomic E-state index is -0.164. The minimum absolute atomic E-state index is 0.164. The Labute approximate surface area is 65.1 Å². The molecule has 0 heterocycles. The van der Waals surface area contributed by atoms with E-state index in [2.05, 4.69) is 10.0 Å². The molecule has 0 aliphatic carbocycles. The monoisotopic (exact) mass is 148 g/mol. The molecule has 0 spiro atoms. The molecule has 11 heavy (non-hydrogen) atoms. The molecule has 0 aromatic carbocycles. The molecule has 1 atom stereocenters. The van der Waals surface area contributed by atoms with Crippen LogP contribution >= 0.6 is 0 Å². The second-order valence-corrected chi connectivity index (χ2v) is 1.82. The first-order chi connectivity index (χ1) is 5.31.